The summed E-state index contributed by atoms with van der Waals surface area (Å²) in [4.78, 5) is 19.6. The minimum atomic E-state index is -0.272. The van der Waals surface area contributed by atoms with Crippen molar-refractivity contribution in [1.82, 2.24) is 15.2 Å². The zero-order valence-electron chi connectivity index (χ0n) is 16.5. The molecule has 1 aliphatic rings. The molecular weight excluding hydrogens is 386 g/mol. The Hall–Kier alpha value is -3.00. The maximum Gasteiger partial charge on any atom is 0.295 e. The third-order valence-electron chi connectivity index (χ3n) is 4.99. The van der Waals surface area contributed by atoms with Gasteiger partial charge in [0.1, 0.15) is 0 Å². The number of nitrogens with zero attached hydrogens (tertiary/aromatic N) is 4. The molecule has 150 valence electrons. The number of methoxy groups -OCH3 is 1. The molecule has 1 fully saturated rings. The molecule has 2 aromatic heterocycles. The molecular formula is C21H23N5O2S. The molecule has 3 heterocycles. The Morgan fingerprint density at radius 1 is 1.14 bits per heavy atom. The fraction of sp³-hybridized carbons (Fsp3) is 0.333. The van der Waals surface area contributed by atoms with Crippen LogP contribution in [0.2, 0.25) is 0 Å². The lowest BCUT2D eigenvalue weighted by Gasteiger charge is -2.29. The number of piperidine rings is 1. The maximum atomic E-state index is 12.9. The van der Waals surface area contributed by atoms with Crippen molar-refractivity contribution in [2.45, 2.75) is 26.2 Å². The highest BCUT2D eigenvalue weighted by Crippen LogP contribution is 2.29. The summed E-state index contributed by atoms with van der Waals surface area (Å²) in [5, 5.41) is 11.3. The van der Waals surface area contributed by atoms with Crippen LogP contribution >= 0.6 is 11.3 Å². The van der Waals surface area contributed by atoms with Crippen molar-refractivity contribution in [2.24, 2.45) is 0 Å². The molecule has 1 N–H and O–H groups in total. The Balaban J connectivity index is 1.59. The van der Waals surface area contributed by atoms with E-state index in [9.17, 15) is 4.79 Å². The van der Waals surface area contributed by atoms with E-state index in [1.807, 2.05) is 13.0 Å². The quantitative estimate of drug-likeness (QED) is 0.682. The third kappa shape index (κ3) is 4.37. The predicted octanol–water partition coefficient (Wildman–Crippen LogP) is 4.16. The van der Waals surface area contributed by atoms with E-state index in [1.54, 1.807) is 6.20 Å². The van der Waals surface area contributed by atoms with Crippen LogP contribution in [0, 0.1) is 6.92 Å². The van der Waals surface area contributed by atoms with Crippen LogP contribution in [0.3, 0.4) is 0 Å². The van der Waals surface area contributed by atoms with Crippen molar-refractivity contribution in [2.75, 3.05) is 30.4 Å². The predicted molar refractivity (Wildman–Crippen MR) is 115 cm³/mol. The lowest BCUT2D eigenvalue weighted by molar-refractivity contribution is 0.102. The Morgan fingerprint density at radius 2 is 1.90 bits per heavy atom. The van der Waals surface area contributed by atoms with Gasteiger partial charge in [-0.3, -0.25) is 15.1 Å². The molecule has 0 spiro atoms. The zero-order valence-corrected chi connectivity index (χ0v) is 17.3. The maximum absolute atomic E-state index is 12.9. The van der Waals surface area contributed by atoms with E-state index >= 15 is 0 Å². The van der Waals surface area contributed by atoms with Crippen molar-refractivity contribution in [3.8, 4) is 16.3 Å². The van der Waals surface area contributed by atoms with Gasteiger partial charge in [-0.1, -0.05) is 17.2 Å². The SMILES string of the molecule is COc1nnc(NC(=O)c2cnc(C)cc2-c2ccc(N3CCCCC3)cc2)s1. The third-order valence-corrected chi connectivity index (χ3v) is 5.79. The van der Waals surface area contributed by atoms with Crippen LogP contribution in [0.25, 0.3) is 11.1 Å². The molecule has 0 atom stereocenters. The van der Waals surface area contributed by atoms with Crippen LogP contribution in [0.4, 0.5) is 10.8 Å². The number of carbonyl (C=O) groups is 1. The smallest absolute Gasteiger partial charge is 0.295 e. The topological polar surface area (TPSA) is 80.2 Å². The number of carbonyl (C=O) groups excluding carboxylic acids is 1. The van der Waals surface area contributed by atoms with Crippen LogP contribution in [0.5, 0.6) is 5.19 Å². The summed E-state index contributed by atoms with van der Waals surface area (Å²) in [6.45, 7) is 4.13. The van der Waals surface area contributed by atoms with Gasteiger partial charge in [0.05, 0.1) is 12.7 Å². The zero-order chi connectivity index (χ0) is 20.2. The molecule has 29 heavy (non-hydrogen) atoms. The van der Waals surface area contributed by atoms with Gasteiger partial charge in [-0.2, -0.15) is 0 Å². The largest absolute Gasteiger partial charge is 0.472 e. The first-order valence-electron chi connectivity index (χ1n) is 9.65. The Morgan fingerprint density at radius 3 is 2.59 bits per heavy atom. The molecule has 3 aromatic rings. The highest BCUT2D eigenvalue weighted by molar-refractivity contribution is 7.17. The summed E-state index contributed by atoms with van der Waals surface area (Å²) in [5.74, 6) is -0.272. The van der Waals surface area contributed by atoms with E-state index in [0.717, 1.165) is 29.9 Å². The number of amides is 1. The van der Waals surface area contributed by atoms with Gasteiger partial charge in [0, 0.05) is 30.7 Å². The van der Waals surface area contributed by atoms with Crippen LogP contribution in [-0.2, 0) is 0 Å². The van der Waals surface area contributed by atoms with Gasteiger partial charge in [-0.15, -0.1) is 5.10 Å². The number of hydrogen-bond acceptors (Lipinski definition) is 7. The first kappa shape index (κ1) is 19.3. The number of rotatable bonds is 5. The molecule has 1 saturated heterocycles. The van der Waals surface area contributed by atoms with Crippen LogP contribution in [-0.4, -0.2) is 41.3 Å². The van der Waals surface area contributed by atoms with Crippen LogP contribution in [0.1, 0.15) is 35.3 Å². The van der Waals surface area contributed by atoms with Crippen molar-refractivity contribution in [3.63, 3.8) is 0 Å². The molecule has 0 aliphatic carbocycles. The molecule has 0 saturated carbocycles. The minimum Gasteiger partial charge on any atom is -0.472 e. The first-order valence-corrected chi connectivity index (χ1v) is 10.5. The molecule has 1 aliphatic heterocycles. The highest BCUT2D eigenvalue weighted by atomic mass is 32.1. The standard InChI is InChI=1S/C21H23N5O2S/c1-14-12-17(15-6-8-16(9-7-15)26-10-4-3-5-11-26)18(13-22-14)19(27)23-20-24-25-21(28-2)29-20/h6-9,12-13H,3-5,10-11H2,1-2H3,(H,23,24,27). The number of anilines is 2. The van der Waals surface area contributed by atoms with Gasteiger partial charge in [0.25, 0.3) is 11.1 Å². The number of pyridine rings is 1. The van der Waals surface area contributed by atoms with Crippen molar-refractivity contribution >= 4 is 28.1 Å². The van der Waals surface area contributed by atoms with Crippen LogP contribution < -0.4 is 15.0 Å². The van der Waals surface area contributed by atoms with Gasteiger partial charge in [0.15, 0.2) is 0 Å². The monoisotopic (exact) mass is 409 g/mol. The second kappa shape index (κ2) is 8.57. The Bertz CT molecular complexity index is 997. The van der Waals surface area contributed by atoms with Gasteiger partial charge in [-0.25, -0.2) is 0 Å². The molecule has 1 aromatic carbocycles. The number of ether oxygens (including phenoxy) is 1. The summed E-state index contributed by atoms with van der Waals surface area (Å²) < 4.78 is 5.03. The van der Waals surface area contributed by atoms with Gasteiger partial charge in [-0.05, 0) is 66.8 Å². The van der Waals surface area contributed by atoms with E-state index in [2.05, 4.69) is 49.7 Å². The first-order chi connectivity index (χ1) is 14.1. The van der Waals surface area contributed by atoms with Gasteiger partial charge >= 0.3 is 0 Å². The normalized spacial score (nSPS) is 13.9. The average molecular weight is 410 g/mol. The number of aryl methyl sites for hydroxylation is 1. The van der Waals surface area contributed by atoms with E-state index in [1.165, 1.54) is 43.4 Å². The van der Waals surface area contributed by atoms with Crippen molar-refractivity contribution in [1.29, 1.82) is 0 Å². The number of aromatic nitrogens is 3. The minimum absolute atomic E-state index is 0.272. The van der Waals surface area contributed by atoms with Crippen LogP contribution in [0.15, 0.2) is 36.5 Å². The summed E-state index contributed by atoms with van der Waals surface area (Å²) in [7, 11) is 1.52. The molecule has 7 nitrogen and oxygen atoms in total. The summed E-state index contributed by atoms with van der Waals surface area (Å²) >= 11 is 1.18. The highest BCUT2D eigenvalue weighted by Gasteiger charge is 2.17. The molecule has 1 amide bonds. The molecule has 0 bridgehead atoms. The fourth-order valence-corrected chi connectivity index (χ4v) is 4.05. The van der Waals surface area contributed by atoms with E-state index < -0.39 is 0 Å². The summed E-state index contributed by atoms with van der Waals surface area (Å²) in [6, 6.07) is 10.3. The van der Waals surface area contributed by atoms with Gasteiger partial charge < -0.3 is 9.64 Å². The molecule has 0 radical (unpaired) electrons. The number of benzene rings is 1. The van der Waals surface area contributed by atoms with Crippen molar-refractivity contribution in [3.05, 3.63) is 47.8 Å². The number of nitrogens with one attached hydrogen (secondary N) is 1. The lowest BCUT2D eigenvalue weighted by atomic mass is 9.99. The van der Waals surface area contributed by atoms with E-state index in [-0.39, 0.29) is 5.91 Å². The lowest BCUT2D eigenvalue weighted by Crippen LogP contribution is -2.29. The van der Waals surface area contributed by atoms with E-state index in [0.29, 0.717) is 15.9 Å². The fourth-order valence-electron chi connectivity index (χ4n) is 3.49. The summed E-state index contributed by atoms with van der Waals surface area (Å²) in [6.07, 6.45) is 5.40. The van der Waals surface area contributed by atoms with Gasteiger partial charge in [0.2, 0.25) is 5.13 Å². The average Bonchev–Trinajstić information content (AvgIpc) is 3.22. The number of hydrogen-bond donors (Lipinski definition) is 1. The van der Waals surface area contributed by atoms with E-state index in [4.69, 9.17) is 4.74 Å². The Kier molecular flexibility index (Phi) is 5.71. The second-order valence-corrected chi connectivity index (χ2v) is 7.94. The molecule has 4 rings (SSSR count). The summed E-state index contributed by atoms with van der Waals surface area (Å²) in [5.41, 5.74) is 4.41. The van der Waals surface area contributed by atoms with Crippen molar-refractivity contribution < 1.29 is 9.53 Å². The Labute approximate surface area is 173 Å². The molecule has 0 unspecified atom stereocenters. The second-order valence-electron chi connectivity index (χ2n) is 7.00. The molecule has 8 heteroatoms.